The normalized spacial score (nSPS) is 15.3. The molecule has 0 bridgehead atoms. The zero-order valence-electron chi connectivity index (χ0n) is 14.3. The molecular weight excluding hydrogens is 352 g/mol. The quantitative estimate of drug-likeness (QED) is 0.682. The summed E-state index contributed by atoms with van der Waals surface area (Å²) in [5.41, 5.74) is 1.53. The molecule has 0 atom stereocenters. The number of fused-ring (bicyclic) bond motifs is 1. The van der Waals surface area contributed by atoms with Crippen LogP contribution in [-0.4, -0.2) is 67.4 Å². The Labute approximate surface area is 154 Å². The van der Waals surface area contributed by atoms with Gasteiger partial charge in [0.05, 0.1) is 5.56 Å². The molecule has 0 aromatic carbocycles. The molecule has 0 aliphatic carbocycles. The molecule has 4 rings (SSSR count). The van der Waals surface area contributed by atoms with Crippen LogP contribution in [0.5, 0.6) is 0 Å². The number of aromatic nitrogens is 4. The third kappa shape index (κ3) is 3.05. The summed E-state index contributed by atoms with van der Waals surface area (Å²) in [6.45, 7) is 4.07. The Morgan fingerprint density at radius 1 is 1.04 bits per heavy atom. The van der Waals surface area contributed by atoms with Crippen molar-refractivity contribution < 1.29 is 9.59 Å². The maximum atomic E-state index is 12.9. The minimum absolute atomic E-state index is 0.0214. The van der Waals surface area contributed by atoms with E-state index in [1.54, 1.807) is 15.5 Å². The third-order valence-electron chi connectivity index (χ3n) is 4.45. The van der Waals surface area contributed by atoms with Crippen molar-refractivity contribution in [3.63, 3.8) is 0 Å². The van der Waals surface area contributed by atoms with Crippen LogP contribution in [-0.2, 0) is 0 Å². The van der Waals surface area contributed by atoms with Crippen LogP contribution in [0.25, 0.3) is 5.78 Å². The van der Waals surface area contributed by atoms with E-state index < -0.39 is 0 Å². The maximum absolute atomic E-state index is 12.9. The molecule has 0 radical (unpaired) electrons. The number of amides is 2. The zero-order chi connectivity index (χ0) is 18.1. The molecule has 26 heavy (non-hydrogen) atoms. The summed E-state index contributed by atoms with van der Waals surface area (Å²) >= 11 is 1.51. The van der Waals surface area contributed by atoms with Crippen LogP contribution in [0.3, 0.4) is 0 Å². The van der Waals surface area contributed by atoms with Crippen LogP contribution >= 0.6 is 11.3 Å². The van der Waals surface area contributed by atoms with Crippen LogP contribution in [0.4, 0.5) is 0 Å². The molecule has 9 heteroatoms. The van der Waals surface area contributed by atoms with Gasteiger partial charge in [0, 0.05) is 43.4 Å². The molecule has 0 N–H and O–H groups in total. The highest BCUT2D eigenvalue weighted by Gasteiger charge is 2.26. The number of carbonyl (C=O) groups is 2. The van der Waals surface area contributed by atoms with Gasteiger partial charge in [0.1, 0.15) is 0 Å². The summed E-state index contributed by atoms with van der Waals surface area (Å²) in [6, 6.07) is 3.65. The summed E-state index contributed by atoms with van der Waals surface area (Å²) in [7, 11) is 0. The third-order valence-corrected chi connectivity index (χ3v) is 5.13. The van der Waals surface area contributed by atoms with E-state index in [4.69, 9.17) is 0 Å². The topological polar surface area (TPSA) is 83.7 Å². The van der Waals surface area contributed by atoms with Gasteiger partial charge in [0.15, 0.2) is 0 Å². The molecule has 3 aromatic rings. The van der Waals surface area contributed by atoms with Gasteiger partial charge in [0.25, 0.3) is 17.6 Å². The number of hydrogen-bond donors (Lipinski definition) is 0. The van der Waals surface area contributed by atoms with E-state index in [0.29, 0.717) is 37.5 Å². The Hall–Kier alpha value is -2.81. The molecule has 3 aromatic heterocycles. The Bertz CT molecular complexity index is 951. The molecule has 4 heterocycles. The SMILES string of the molecule is Cc1ccn2c(C(=O)N3CCCN(C(=O)c4ccsc4)CC3)nnc2n1. The highest BCUT2D eigenvalue weighted by molar-refractivity contribution is 7.08. The first kappa shape index (κ1) is 16.6. The van der Waals surface area contributed by atoms with Gasteiger partial charge in [0.2, 0.25) is 5.82 Å². The number of rotatable bonds is 2. The zero-order valence-corrected chi connectivity index (χ0v) is 15.1. The van der Waals surface area contributed by atoms with Gasteiger partial charge in [-0.25, -0.2) is 4.98 Å². The van der Waals surface area contributed by atoms with E-state index in [-0.39, 0.29) is 17.6 Å². The Morgan fingerprint density at radius 2 is 1.81 bits per heavy atom. The highest BCUT2D eigenvalue weighted by Crippen LogP contribution is 2.14. The molecule has 0 spiro atoms. The average molecular weight is 370 g/mol. The van der Waals surface area contributed by atoms with Crippen molar-refractivity contribution in [1.29, 1.82) is 0 Å². The van der Waals surface area contributed by atoms with Crippen LogP contribution in [0.2, 0.25) is 0 Å². The van der Waals surface area contributed by atoms with Crippen molar-refractivity contribution in [2.45, 2.75) is 13.3 Å². The second-order valence-corrected chi connectivity index (χ2v) is 6.99. The Kier molecular flexibility index (Phi) is 4.37. The lowest BCUT2D eigenvalue weighted by Gasteiger charge is -2.21. The average Bonchev–Trinajstić information content (AvgIpc) is 3.25. The van der Waals surface area contributed by atoms with E-state index in [9.17, 15) is 9.59 Å². The van der Waals surface area contributed by atoms with Crippen molar-refractivity contribution >= 4 is 28.9 Å². The molecule has 134 valence electrons. The van der Waals surface area contributed by atoms with Crippen molar-refractivity contribution in [3.8, 4) is 0 Å². The highest BCUT2D eigenvalue weighted by atomic mass is 32.1. The molecule has 8 nitrogen and oxygen atoms in total. The number of nitrogens with zero attached hydrogens (tertiary/aromatic N) is 6. The first-order chi connectivity index (χ1) is 12.6. The molecule has 2 amide bonds. The summed E-state index contributed by atoms with van der Waals surface area (Å²) in [5, 5.41) is 11.8. The molecule has 0 unspecified atom stereocenters. The van der Waals surface area contributed by atoms with Gasteiger partial charge in [-0.2, -0.15) is 11.3 Å². The predicted molar refractivity (Wildman–Crippen MR) is 96.3 cm³/mol. The summed E-state index contributed by atoms with van der Waals surface area (Å²) < 4.78 is 1.61. The maximum Gasteiger partial charge on any atom is 0.292 e. The summed E-state index contributed by atoms with van der Waals surface area (Å²) in [4.78, 5) is 33.2. The monoisotopic (exact) mass is 370 g/mol. The fourth-order valence-corrected chi connectivity index (χ4v) is 3.68. The second-order valence-electron chi connectivity index (χ2n) is 6.21. The standard InChI is InChI=1S/C17H18N6O2S/c1-12-3-7-23-14(19-20-17(23)18-12)16(25)22-6-2-5-21(8-9-22)15(24)13-4-10-26-11-13/h3-4,7,10-11H,2,5-6,8-9H2,1H3. The van der Waals surface area contributed by atoms with E-state index in [1.165, 1.54) is 11.3 Å². The smallest absolute Gasteiger partial charge is 0.292 e. The van der Waals surface area contributed by atoms with Crippen LogP contribution in [0.15, 0.2) is 29.1 Å². The van der Waals surface area contributed by atoms with Crippen LogP contribution in [0, 0.1) is 6.92 Å². The Morgan fingerprint density at radius 3 is 2.54 bits per heavy atom. The van der Waals surface area contributed by atoms with Crippen molar-refractivity contribution in [1.82, 2.24) is 29.4 Å². The minimum Gasteiger partial charge on any atom is -0.337 e. The predicted octanol–water partition coefficient (Wildman–Crippen LogP) is 1.48. The minimum atomic E-state index is -0.187. The van der Waals surface area contributed by atoms with E-state index in [2.05, 4.69) is 15.2 Å². The van der Waals surface area contributed by atoms with Crippen molar-refractivity contribution in [3.05, 3.63) is 46.2 Å². The fourth-order valence-electron chi connectivity index (χ4n) is 3.05. The van der Waals surface area contributed by atoms with Crippen LogP contribution in [0.1, 0.15) is 33.1 Å². The Balaban J connectivity index is 1.50. The molecule has 0 saturated carbocycles. The second kappa shape index (κ2) is 6.83. The first-order valence-electron chi connectivity index (χ1n) is 8.42. The van der Waals surface area contributed by atoms with E-state index in [0.717, 1.165) is 12.1 Å². The largest absolute Gasteiger partial charge is 0.337 e. The van der Waals surface area contributed by atoms with E-state index in [1.807, 2.05) is 34.7 Å². The first-order valence-corrected chi connectivity index (χ1v) is 9.37. The van der Waals surface area contributed by atoms with Gasteiger partial charge < -0.3 is 9.80 Å². The van der Waals surface area contributed by atoms with Crippen LogP contribution < -0.4 is 0 Å². The fraction of sp³-hybridized carbons (Fsp3) is 0.353. The van der Waals surface area contributed by atoms with Gasteiger partial charge in [-0.15, -0.1) is 10.2 Å². The molecule has 1 aliphatic rings. The molecule has 1 saturated heterocycles. The number of aryl methyl sites for hydroxylation is 1. The van der Waals surface area contributed by atoms with Gasteiger partial charge in [-0.1, -0.05) is 0 Å². The molecule has 1 fully saturated rings. The lowest BCUT2D eigenvalue weighted by molar-refractivity contribution is 0.0711. The van der Waals surface area contributed by atoms with E-state index >= 15 is 0 Å². The number of thiophene rings is 1. The molecule has 1 aliphatic heterocycles. The summed E-state index contributed by atoms with van der Waals surface area (Å²) in [5.74, 6) is 0.503. The number of carbonyl (C=O) groups excluding carboxylic acids is 2. The molecular formula is C17H18N6O2S. The van der Waals surface area contributed by atoms with Gasteiger partial charge in [-0.05, 0) is 30.9 Å². The van der Waals surface area contributed by atoms with Crippen molar-refractivity contribution in [2.24, 2.45) is 0 Å². The summed E-state index contributed by atoms with van der Waals surface area (Å²) in [6.07, 6.45) is 2.49. The van der Waals surface area contributed by atoms with Crippen molar-refractivity contribution in [2.75, 3.05) is 26.2 Å². The van der Waals surface area contributed by atoms with Gasteiger partial charge >= 0.3 is 0 Å². The van der Waals surface area contributed by atoms with Gasteiger partial charge in [-0.3, -0.25) is 14.0 Å². The lowest BCUT2D eigenvalue weighted by atomic mass is 10.3. The number of hydrogen-bond acceptors (Lipinski definition) is 6. The lowest BCUT2D eigenvalue weighted by Crippen LogP contribution is -2.37.